The summed E-state index contributed by atoms with van der Waals surface area (Å²) in [6.45, 7) is 4.80. The first-order valence-corrected chi connectivity index (χ1v) is 12.5. The van der Waals surface area contributed by atoms with Crippen LogP contribution in [-0.2, 0) is 15.2 Å². The lowest BCUT2D eigenvalue weighted by Crippen LogP contribution is -2.25. The normalized spacial score (nSPS) is 11.9. The zero-order chi connectivity index (χ0) is 26.0. The number of nitrogens with one attached hydrogen (secondary N) is 1. The van der Waals surface area contributed by atoms with Crippen molar-refractivity contribution in [2.75, 3.05) is 7.11 Å². The molecule has 186 valence electrons. The quantitative estimate of drug-likeness (QED) is 0.158. The Morgan fingerprint density at radius 1 is 1.06 bits per heavy atom. The molecule has 2 aromatic carbocycles. The highest BCUT2D eigenvalue weighted by molar-refractivity contribution is 7.98. The Balaban J connectivity index is 1.57. The van der Waals surface area contributed by atoms with Crippen LogP contribution in [0.4, 0.5) is 0 Å². The van der Waals surface area contributed by atoms with Gasteiger partial charge in [-0.2, -0.15) is 0 Å². The van der Waals surface area contributed by atoms with Gasteiger partial charge in [-0.15, -0.1) is 11.8 Å². The standard InChI is InChI=1S/C27H24ClNO6S/c1-14-22(26(31)33-4)15(2)29-23(14)24(30)16(3)34-27(32)25-20(19-7-5-6-8-21(19)35-25)13-36-18-11-9-17(28)10-12-18/h5-12,16,29H,13H2,1-4H3/t16-/m1/s1. The summed E-state index contributed by atoms with van der Waals surface area (Å²) in [6, 6.07) is 14.7. The molecule has 0 spiro atoms. The molecule has 0 aliphatic heterocycles. The molecule has 0 saturated heterocycles. The van der Waals surface area contributed by atoms with E-state index in [4.69, 9.17) is 25.5 Å². The summed E-state index contributed by atoms with van der Waals surface area (Å²) in [5.74, 6) is -1.26. The largest absolute Gasteiger partial charge is 0.465 e. The van der Waals surface area contributed by atoms with Crippen molar-refractivity contribution in [3.63, 3.8) is 0 Å². The molecule has 2 heterocycles. The van der Waals surface area contributed by atoms with E-state index in [2.05, 4.69) is 4.98 Å². The van der Waals surface area contributed by atoms with Gasteiger partial charge in [0.25, 0.3) is 0 Å². The Labute approximate surface area is 217 Å². The van der Waals surface area contributed by atoms with Crippen LogP contribution < -0.4 is 0 Å². The summed E-state index contributed by atoms with van der Waals surface area (Å²) in [5, 5.41) is 1.44. The molecule has 0 bridgehead atoms. The van der Waals surface area contributed by atoms with Crippen molar-refractivity contribution in [3.05, 3.63) is 87.4 Å². The third kappa shape index (κ3) is 5.05. The van der Waals surface area contributed by atoms with Gasteiger partial charge in [-0.25, -0.2) is 9.59 Å². The molecule has 2 aromatic heterocycles. The lowest BCUT2D eigenvalue weighted by molar-refractivity contribution is 0.0288. The number of carbonyl (C=O) groups excluding carboxylic acids is 3. The Morgan fingerprint density at radius 2 is 1.75 bits per heavy atom. The maximum absolute atomic E-state index is 13.2. The minimum absolute atomic E-state index is 0.0481. The number of hydrogen-bond donors (Lipinski definition) is 1. The number of aromatic amines is 1. The number of rotatable bonds is 8. The number of aromatic nitrogens is 1. The fourth-order valence-corrected chi connectivity index (χ4v) is 5.02. The molecular formula is C27H24ClNO6S. The molecule has 0 aliphatic carbocycles. The fraction of sp³-hybridized carbons (Fsp3) is 0.222. The monoisotopic (exact) mass is 525 g/mol. The lowest BCUT2D eigenvalue weighted by atomic mass is 10.1. The number of ketones is 1. The topological polar surface area (TPSA) is 98.6 Å². The van der Waals surface area contributed by atoms with Crippen LogP contribution in [0, 0.1) is 13.8 Å². The van der Waals surface area contributed by atoms with E-state index in [1.807, 2.05) is 30.3 Å². The van der Waals surface area contributed by atoms with Crippen LogP contribution >= 0.6 is 23.4 Å². The van der Waals surface area contributed by atoms with Crippen LogP contribution in [0.15, 0.2) is 57.8 Å². The first-order chi connectivity index (χ1) is 17.2. The molecule has 9 heteroatoms. The smallest absolute Gasteiger partial charge is 0.375 e. The van der Waals surface area contributed by atoms with Crippen molar-refractivity contribution in [3.8, 4) is 0 Å². The Bertz CT molecular complexity index is 1450. The molecule has 36 heavy (non-hydrogen) atoms. The molecule has 0 fully saturated rings. The third-order valence-corrected chi connectivity index (χ3v) is 7.10. The van der Waals surface area contributed by atoms with Crippen LogP contribution in [0.3, 0.4) is 0 Å². The SMILES string of the molecule is COC(=O)c1c(C)[nH]c(C(=O)[C@@H](C)OC(=O)c2oc3ccccc3c2CSc2ccc(Cl)cc2)c1C. The minimum Gasteiger partial charge on any atom is -0.465 e. The van der Waals surface area contributed by atoms with E-state index in [0.717, 1.165) is 10.3 Å². The van der Waals surface area contributed by atoms with Crippen LogP contribution in [0.1, 0.15) is 55.1 Å². The van der Waals surface area contributed by atoms with Crippen LogP contribution in [0.25, 0.3) is 11.0 Å². The number of fused-ring (bicyclic) bond motifs is 1. The number of halogens is 1. The maximum atomic E-state index is 13.2. The van der Waals surface area contributed by atoms with Crippen molar-refractivity contribution < 1.29 is 28.3 Å². The molecule has 0 saturated carbocycles. The summed E-state index contributed by atoms with van der Waals surface area (Å²) in [7, 11) is 1.27. The fourth-order valence-electron chi connectivity index (χ4n) is 3.97. The Kier molecular flexibility index (Phi) is 7.56. The first kappa shape index (κ1) is 25.6. The molecule has 0 amide bonds. The number of esters is 2. The number of methoxy groups -OCH3 is 1. The van der Waals surface area contributed by atoms with E-state index in [1.54, 1.807) is 32.0 Å². The zero-order valence-electron chi connectivity index (χ0n) is 20.1. The highest BCUT2D eigenvalue weighted by atomic mass is 35.5. The lowest BCUT2D eigenvalue weighted by Gasteiger charge is -2.12. The molecule has 1 atom stereocenters. The second-order valence-corrected chi connectivity index (χ2v) is 9.66. The third-order valence-electron chi connectivity index (χ3n) is 5.81. The second-order valence-electron chi connectivity index (χ2n) is 8.18. The van der Waals surface area contributed by atoms with Gasteiger partial charge in [-0.05, 0) is 56.7 Å². The van der Waals surface area contributed by atoms with Crippen LogP contribution in [0.5, 0.6) is 0 Å². The summed E-state index contributed by atoms with van der Waals surface area (Å²) >= 11 is 7.50. The van der Waals surface area contributed by atoms with Gasteiger partial charge in [0, 0.05) is 32.3 Å². The number of para-hydroxylation sites is 1. The molecule has 4 aromatic rings. The second kappa shape index (κ2) is 10.6. The highest BCUT2D eigenvalue weighted by Gasteiger charge is 2.30. The van der Waals surface area contributed by atoms with E-state index in [9.17, 15) is 14.4 Å². The van der Waals surface area contributed by atoms with Gasteiger partial charge in [-0.1, -0.05) is 29.8 Å². The highest BCUT2D eigenvalue weighted by Crippen LogP contribution is 2.33. The number of hydrogen-bond acceptors (Lipinski definition) is 7. The zero-order valence-corrected chi connectivity index (χ0v) is 21.7. The average Bonchev–Trinajstić information content (AvgIpc) is 3.39. The van der Waals surface area contributed by atoms with Gasteiger partial charge in [0.15, 0.2) is 6.10 Å². The molecular weight excluding hydrogens is 502 g/mol. The van der Waals surface area contributed by atoms with Gasteiger partial charge in [0.1, 0.15) is 5.58 Å². The minimum atomic E-state index is -1.12. The number of Topliss-reactive ketones (excluding diaryl/α,β-unsaturated/α-hetero) is 1. The number of thioether (sulfide) groups is 1. The van der Waals surface area contributed by atoms with Crippen molar-refractivity contribution in [2.45, 2.75) is 37.5 Å². The number of carbonyl (C=O) groups is 3. The van der Waals surface area contributed by atoms with Gasteiger partial charge >= 0.3 is 11.9 Å². The number of furan rings is 1. The molecule has 0 aliphatic rings. The van der Waals surface area contributed by atoms with E-state index >= 15 is 0 Å². The first-order valence-electron chi connectivity index (χ1n) is 11.1. The molecule has 0 radical (unpaired) electrons. The van der Waals surface area contributed by atoms with E-state index in [1.165, 1.54) is 25.8 Å². The van der Waals surface area contributed by atoms with Crippen molar-refractivity contribution in [2.24, 2.45) is 0 Å². The number of benzene rings is 2. The Hall–Kier alpha value is -3.49. The predicted octanol–water partition coefficient (Wildman–Crippen LogP) is 6.54. The molecule has 7 nitrogen and oxygen atoms in total. The van der Waals surface area contributed by atoms with Crippen LogP contribution in [0.2, 0.25) is 5.02 Å². The number of ether oxygens (including phenoxy) is 2. The van der Waals surface area contributed by atoms with Crippen LogP contribution in [-0.4, -0.2) is 35.9 Å². The van der Waals surface area contributed by atoms with E-state index in [0.29, 0.717) is 33.2 Å². The van der Waals surface area contributed by atoms with Crippen molar-refractivity contribution in [1.29, 1.82) is 0 Å². The van der Waals surface area contributed by atoms with Gasteiger partial charge in [0.05, 0.1) is 18.4 Å². The van der Waals surface area contributed by atoms with Crippen molar-refractivity contribution in [1.82, 2.24) is 4.98 Å². The average molecular weight is 526 g/mol. The predicted molar refractivity (Wildman–Crippen MR) is 138 cm³/mol. The molecule has 1 N–H and O–H groups in total. The summed E-state index contributed by atoms with van der Waals surface area (Å²) in [6.07, 6.45) is -1.12. The maximum Gasteiger partial charge on any atom is 0.375 e. The summed E-state index contributed by atoms with van der Waals surface area (Å²) in [4.78, 5) is 42.2. The van der Waals surface area contributed by atoms with E-state index in [-0.39, 0.29) is 17.0 Å². The van der Waals surface area contributed by atoms with E-state index < -0.39 is 23.8 Å². The summed E-state index contributed by atoms with van der Waals surface area (Å²) in [5.41, 5.74) is 2.65. The molecule has 0 unspecified atom stereocenters. The van der Waals surface area contributed by atoms with Gasteiger partial charge in [0.2, 0.25) is 11.5 Å². The van der Waals surface area contributed by atoms with Gasteiger partial charge in [-0.3, -0.25) is 4.79 Å². The van der Waals surface area contributed by atoms with Gasteiger partial charge < -0.3 is 18.9 Å². The molecule has 4 rings (SSSR count). The number of aryl methyl sites for hydroxylation is 1. The summed E-state index contributed by atoms with van der Waals surface area (Å²) < 4.78 is 16.2. The Morgan fingerprint density at radius 3 is 2.44 bits per heavy atom. The number of H-pyrrole nitrogens is 1. The van der Waals surface area contributed by atoms with Crippen molar-refractivity contribution >= 4 is 52.1 Å².